The lowest BCUT2D eigenvalue weighted by molar-refractivity contribution is -0.139. The molecule has 0 bridgehead atoms. The van der Waals surface area contributed by atoms with Gasteiger partial charge in [0.1, 0.15) is 6.04 Å². The molecule has 1 fully saturated rings. The molecule has 116 valence electrons. The van der Waals surface area contributed by atoms with Crippen molar-refractivity contribution < 1.29 is 19.4 Å². The van der Waals surface area contributed by atoms with E-state index in [1.54, 1.807) is 7.05 Å². The zero-order valence-electron chi connectivity index (χ0n) is 11.9. The Bertz CT molecular complexity index is 471. The molecule has 1 aromatic heterocycles. The van der Waals surface area contributed by atoms with Crippen molar-refractivity contribution in [2.45, 2.75) is 31.4 Å². The number of rotatable bonds is 6. The van der Waals surface area contributed by atoms with E-state index >= 15 is 0 Å². The van der Waals surface area contributed by atoms with Crippen LogP contribution in [0.4, 0.5) is 4.79 Å². The lowest BCUT2D eigenvalue weighted by Crippen LogP contribution is -2.49. The fourth-order valence-corrected chi connectivity index (χ4v) is 2.25. The highest BCUT2D eigenvalue weighted by Gasteiger charge is 2.25. The lowest BCUT2D eigenvalue weighted by atomic mass is 10.1. The van der Waals surface area contributed by atoms with Gasteiger partial charge in [0, 0.05) is 38.5 Å². The first-order valence-corrected chi connectivity index (χ1v) is 6.89. The summed E-state index contributed by atoms with van der Waals surface area (Å²) in [5, 5.41) is 11.7. The molecular formula is C13H20N4O4. The van der Waals surface area contributed by atoms with Gasteiger partial charge in [-0.05, 0) is 12.8 Å². The Labute approximate surface area is 122 Å². The van der Waals surface area contributed by atoms with Gasteiger partial charge in [-0.15, -0.1) is 0 Å². The Morgan fingerprint density at radius 1 is 1.67 bits per heavy atom. The molecular weight excluding hydrogens is 276 g/mol. The Morgan fingerprint density at radius 2 is 2.48 bits per heavy atom. The van der Waals surface area contributed by atoms with E-state index in [0.717, 1.165) is 19.4 Å². The monoisotopic (exact) mass is 296 g/mol. The van der Waals surface area contributed by atoms with Crippen molar-refractivity contribution >= 4 is 12.0 Å². The van der Waals surface area contributed by atoms with Gasteiger partial charge in [0.25, 0.3) is 0 Å². The summed E-state index contributed by atoms with van der Waals surface area (Å²) >= 11 is 0. The van der Waals surface area contributed by atoms with E-state index in [-0.39, 0.29) is 12.5 Å². The average Bonchev–Trinajstić information content (AvgIpc) is 3.10. The zero-order valence-corrected chi connectivity index (χ0v) is 11.9. The summed E-state index contributed by atoms with van der Waals surface area (Å²) in [6, 6.07) is -1.41. The number of hydrogen-bond donors (Lipinski definition) is 3. The van der Waals surface area contributed by atoms with Crippen molar-refractivity contribution in [3.63, 3.8) is 0 Å². The second-order valence-corrected chi connectivity index (χ2v) is 5.14. The first-order chi connectivity index (χ1) is 10.1. The molecule has 1 aliphatic heterocycles. The number of amides is 2. The molecule has 2 amide bonds. The fraction of sp³-hybridized carbons (Fsp3) is 0.615. The van der Waals surface area contributed by atoms with E-state index < -0.39 is 18.0 Å². The van der Waals surface area contributed by atoms with Gasteiger partial charge in [-0.1, -0.05) is 0 Å². The van der Waals surface area contributed by atoms with Crippen LogP contribution in [0.1, 0.15) is 18.5 Å². The van der Waals surface area contributed by atoms with Crippen molar-refractivity contribution in [3.8, 4) is 0 Å². The molecule has 8 nitrogen and oxygen atoms in total. The van der Waals surface area contributed by atoms with Gasteiger partial charge in [-0.2, -0.15) is 0 Å². The van der Waals surface area contributed by atoms with Gasteiger partial charge in [0.2, 0.25) is 0 Å². The molecule has 0 aliphatic carbocycles. The van der Waals surface area contributed by atoms with Gasteiger partial charge < -0.3 is 25.0 Å². The molecule has 0 saturated carbocycles. The smallest absolute Gasteiger partial charge is 0.326 e. The van der Waals surface area contributed by atoms with Gasteiger partial charge in [-0.3, -0.25) is 0 Å². The molecule has 0 aromatic carbocycles. The summed E-state index contributed by atoms with van der Waals surface area (Å²) in [4.78, 5) is 31.4. The molecule has 21 heavy (non-hydrogen) atoms. The molecule has 8 heteroatoms. The maximum absolute atomic E-state index is 12.0. The first kappa shape index (κ1) is 15.3. The van der Waals surface area contributed by atoms with Gasteiger partial charge in [0.15, 0.2) is 0 Å². The SMILES string of the molecule is CN(CC1CCCO1)C(=O)N[C@@H](Cc1cnc[nH]1)C(=O)O. The summed E-state index contributed by atoms with van der Waals surface area (Å²) in [5.74, 6) is -1.08. The summed E-state index contributed by atoms with van der Waals surface area (Å²) in [5.41, 5.74) is 0.657. The maximum Gasteiger partial charge on any atom is 0.326 e. The molecule has 1 saturated heterocycles. The normalized spacial score (nSPS) is 19.2. The van der Waals surface area contributed by atoms with Crippen LogP contribution in [-0.4, -0.2) is 64.3 Å². The predicted octanol–water partition coefficient (Wildman–Crippen LogP) is 0.226. The quantitative estimate of drug-likeness (QED) is 0.696. The summed E-state index contributed by atoms with van der Waals surface area (Å²) in [6.07, 6.45) is 5.13. The number of aromatic amines is 1. The standard InChI is InChI=1S/C13H20N4O4/c1-17(7-10-3-2-4-21-10)13(20)16-11(12(18)19)5-9-6-14-8-15-9/h6,8,10-11H,2-5,7H2,1H3,(H,14,15)(H,16,20)(H,18,19)/t10?,11-/m0/s1. The van der Waals surface area contributed by atoms with E-state index in [0.29, 0.717) is 12.2 Å². The zero-order chi connectivity index (χ0) is 15.2. The number of hydrogen-bond acceptors (Lipinski definition) is 4. The molecule has 3 N–H and O–H groups in total. The number of aliphatic carboxylic acids is 1. The molecule has 0 radical (unpaired) electrons. The van der Waals surface area contributed by atoms with Crippen LogP contribution in [-0.2, 0) is 16.0 Å². The third kappa shape index (κ3) is 4.45. The van der Waals surface area contributed by atoms with E-state index in [9.17, 15) is 14.7 Å². The molecule has 2 heterocycles. The summed E-state index contributed by atoms with van der Waals surface area (Å²) in [7, 11) is 1.63. The van der Waals surface area contributed by atoms with Crippen LogP contribution in [0.2, 0.25) is 0 Å². The first-order valence-electron chi connectivity index (χ1n) is 6.89. The minimum atomic E-state index is -1.08. The number of carboxylic acid groups (broad SMARTS) is 1. The number of nitrogens with zero attached hydrogens (tertiary/aromatic N) is 2. The summed E-state index contributed by atoms with van der Waals surface area (Å²) in [6.45, 7) is 1.18. The number of carbonyl (C=O) groups excluding carboxylic acids is 1. The number of urea groups is 1. The van der Waals surface area contributed by atoms with E-state index in [4.69, 9.17) is 4.74 Å². The third-order valence-electron chi connectivity index (χ3n) is 3.42. The van der Waals surface area contributed by atoms with Crippen LogP contribution in [0.5, 0.6) is 0 Å². The van der Waals surface area contributed by atoms with Crippen molar-refractivity contribution in [3.05, 3.63) is 18.2 Å². The second kappa shape index (κ2) is 7.07. The Balaban J connectivity index is 1.86. The third-order valence-corrected chi connectivity index (χ3v) is 3.42. The van der Waals surface area contributed by atoms with E-state index in [1.807, 2.05) is 0 Å². The van der Waals surface area contributed by atoms with E-state index in [2.05, 4.69) is 15.3 Å². The number of likely N-dealkylation sites (N-methyl/N-ethyl adjacent to an activating group) is 1. The number of ether oxygens (including phenoxy) is 1. The number of carboxylic acids is 1. The number of imidazole rings is 1. The van der Waals surface area contributed by atoms with Gasteiger partial charge in [0.05, 0.1) is 12.4 Å². The number of aromatic nitrogens is 2. The highest BCUT2D eigenvalue weighted by Crippen LogP contribution is 2.12. The van der Waals surface area contributed by atoms with E-state index in [1.165, 1.54) is 17.4 Å². The van der Waals surface area contributed by atoms with Crippen LogP contribution < -0.4 is 5.32 Å². The summed E-state index contributed by atoms with van der Waals surface area (Å²) < 4.78 is 5.46. The molecule has 2 rings (SSSR count). The van der Waals surface area contributed by atoms with Crippen LogP contribution in [0.3, 0.4) is 0 Å². The average molecular weight is 296 g/mol. The number of nitrogens with one attached hydrogen (secondary N) is 2. The van der Waals surface area contributed by atoms with Gasteiger partial charge >= 0.3 is 12.0 Å². The van der Waals surface area contributed by atoms with Crippen LogP contribution in [0.25, 0.3) is 0 Å². The molecule has 2 atom stereocenters. The van der Waals surface area contributed by atoms with Crippen LogP contribution >= 0.6 is 0 Å². The number of carbonyl (C=O) groups is 2. The maximum atomic E-state index is 12.0. The minimum Gasteiger partial charge on any atom is -0.480 e. The van der Waals surface area contributed by atoms with Crippen molar-refractivity contribution in [1.82, 2.24) is 20.2 Å². The Morgan fingerprint density at radius 3 is 3.05 bits per heavy atom. The molecule has 1 unspecified atom stereocenters. The molecule has 1 aliphatic rings. The van der Waals surface area contributed by atoms with Crippen LogP contribution in [0, 0.1) is 0 Å². The topological polar surface area (TPSA) is 108 Å². The van der Waals surface area contributed by atoms with Crippen molar-refractivity contribution in [1.29, 1.82) is 0 Å². The number of H-pyrrole nitrogens is 1. The predicted molar refractivity (Wildman–Crippen MR) is 73.9 cm³/mol. The fourth-order valence-electron chi connectivity index (χ4n) is 2.25. The van der Waals surface area contributed by atoms with Crippen molar-refractivity contribution in [2.75, 3.05) is 20.2 Å². The highest BCUT2D eigenvalue weighted by molar-refractivity contribution is 5.82. The lowest BCUT2D eigenvalue weighted by Gasteiger charge is -2.23. The Kier molecular flexibility index (Phi) is 5.15. The van der Waals surface area contributed by atoms with Gasteiger partial charge in [-0.25, -0.2) is 14.6 Å². The highest BCUT2D eigenvalue weighted by atomic mass is 16.5. The molecule has 0 spiro atoms. The molecule has 1 aromatic rings. The van der Waals surface area contributed by atoms with Crippen molar-refractivity contribution in [2.24, 2.45) is 0 Å². The minimum absolute atomic E-state index is 0.0386. The van der Waals surface area contributed by atoms with Crippen LogP contribution in [0.15, 0.2) is 12.5 Å². The Hall–Kier alpha value is -2.09. The second-order valence-electron chi connectivity index (χ2n) is 5.14. The largest absolute Gasteiger partial charge is 0.480 e.